The molecule has 0 saturated heterocycles. The largest absolute Gasteiger partial charge is 0.391 e. The van der Waals surface area contributed by atoms with Crippen molar-refractivity contribution in [3.8, 4) is 11.3 Å². The molecule has 3 N–H and O–H groups in total. The third kappa shape index (κ3) is 3.74. The number of hydrogen-bond acceptors (Lipinski definition) is 6. The van der Waals surface area contributed by atoms with Crippen molar-refractivity contribution in [1.82, 2.24) is 25.3 Å². The number of alkyl halides is 2. The van der Waals surface area contributed by atoms with Crippen LogP contribution in [0.5, 0.6) is 0 Å². The number of H-pyrrole nitrogens is 1. The molecule has 1 atom stereocenters. The Bertz CT molecular complexity index is 1270. The van der Waals surface area contributed by atoms with E-state index >= 15 is 0 Å². The molecule has 5 rings (SSSR count). The van der Waals surface area contributed by atoms with Crippen molar-refractivity contribution >= 4 is 28.4 Å². The van der Waals surface area contributed by atoms with E-state index in [9.17, 15) is 8.78 Å². The fraction of sp³-hybridized carbons (Fsp3) is 0.304. The van der Waals surface area contributed by atoms with Crippen molar-refractivity contribution in [3.05, 3.63) is 53.8 Å². The highest BCUT2D eigenvalue weighted by atomic mass is 19.3. The highest BCUT2D eigenvalue weighted by Crippen LogP contribution is 2.39. The summed E-state index contributed by atoms with van der Waals surface area (Å²) >= 11 is 0. The molecule has 2 aliphatic rings. The van der Waals surface area contributed by atoms with Crippen LogP contribution in [0, 0.1) is 0 Å². The first-order chi connectivity index (χ1) is 15.5. The summed E-state index contributed by atoms with van der Waals surface area (Å²) < 4.78 is 26.1. The summed E-state index contributed by atoms with van der Waals surface area (Å²) in [5.74, 6) is 0.0372. The second kappa shape index (κ2) is 8.14. The molecular formula is C23H23F2N7. The van der Waals surface area contributed by atoms with Crippen LogP contribution in [0.3, 0.4) is 0 Å². The molecule has 32 heavy (non-hydrogen) atoms. The number of anilines is 1. The summed E-state index contributed by atoms with van der Waals surface area (Å²) in [6.07, 6.45) is 6.98. The highest BCUT2D eigenvalue weighted by molar-refractivity contribution is 5.97. The van der Waals surface area contributed by atoms with Crippen molar-refractivity contribution in [2.24, 2.45) is 4.99 Å². The molecule has 0 saturated carbocycles. The smallest absolute Gasteiger partial charge is 0.239 e. The zero-order valence-corrected chi connectivity index (χ0v) is 17.8. The fourth-order valence-corrected chi connectivity index (χ4v) is 4.19. The normalized spacial score (nSPS) is 17.8. The van der Waals surface area contributed by atoms with Gasteiger partial charge in [-0.1, -0.05) is 6.08 Å². The van der Waals surface area contributed by atoms with Crippen molar-refractivity contribution in [2.75, 3.05) is 12.4 Å². The van der Waals surface area contributed by atoms with Crippen molar-refractivity contribution < 1.29 is 8.78 Å². The van der Waals surface area contributed by atoms with Gasteiger partial charge in [0.05, 0.1) is 17.1 Å². The molecule has 0 fully saturated rings. The Labute approximate surface area is 183 Å². The number of fused-ring (bicyclic) bond motifs is 2. The van der Waals surface area contributed by atoms with Crippen molar-refractivity contribution in [2.45, 2.75) is 38.5 Å². The zero-order chi connectivity index (χ0) is 22.2. The number of aromatic amines is 1. The van der Waals surface area contributed by atoms with E-state index in [1.807, 2.05) is 31.5 Å². The maximum absolute atomic E-state index is 13.1. The van der Waals surface area contributed by atoms with E-state index in [4.69, 9.17) is 4.98 Å². The number of nitrogens with one attached hydrogen (secondary N) is 3. The van der Waals surface area contributed by atoms with E-state index in [2.05, 4.69) is 36.7 Å². The lowest BCUT2D eigenvalue weighted by Gasteiger charge is -2.14. The van der Waals surface area contributed by atoms with Gasteiger partial charge in [0.15, 0.2) is 0 Å². The molecule has 0 radical (unpaired) electrons. The van der Waals surface area contributed by atoms with Crippen LogP contribution in [-0.4, -0.2) is 39.1 Å². The van der Waals surface area contributed by atoms with Crippen molar-refractivity contribution in [1.29, 1.82) is 0 Å². The number of aromatic nitrogens is 4. The standard InChI is InChI=1S/C23H23F2N7/c1-12-15(9-20(24)25)21-19(29-12)7-6-18(31-21)16-10-27-22-17(16)11-28-23(32-22)30-14-5-3-4-13(8-14)26-2/h5-8,10-11,15,20,26H,3-4,9H2,1-2H3,(H2,27,28,30,32). The lowest BCUT2D eigenvalue weighted by molar-refractivity contribution is 0.135. The molecule has 3 aromatic heterocycles. The topological polar surface area (TPSA) is 90.9 Å². The quantitative estimate of drug-likeness (QED) is 0.504. The van der Waals surface area contributed by atoms with Gasteiger partial charge in [-0.05, 0) is 38.0 Å². The summed E-state index contributed by atoms with van der Waals surface area (Å²) in [4.78, 5) is 21.3. The summed E-state index contributed by atoms with van der Waals surface area (Å²) in [6, 6.07) is 3.69. The second-order valence-electron chi connectivity index (χ2n) is 7.93. The molecule has 1 aliphatic carbocycles. The van der Waals surface area contributed by atoms with Crippen LogP contribution in [0.4, 0.5) is 20.4 Å². The Kier molecular flexibility index (Phi) is 5.16. The predicted molar refractivity (Wildman–Crippen MR) is 121 cm³/mol. The van der Waals surface area contributed by atoms with Gasteiger partial charge in [0.25, 0.3) is 0 Å². The lowest BCUT2D eigenvalue weighted by atomic mass is 9.97. The van der Waals surface area contributed by atoms with Crippen molar-refractivity contribution in [3.63, 3.8) is 0 Å². The number of aliphatic imine (C=N–C) groups is 1. The number of allylic oxidation sites excluding steroid dienone is 3. The predicted octanol–water partition coefficient (Wildman–Crippen LogP) is 5.06. The summed E-state index contributed by atoms with van der Waals surface area (Å²) in [5.41, 5.74) is 6.22. The van der Waals surface area contributed by atoms with E-state index in [0.29, 0.717) is 34.4 Å². The Hall–Kier alpha value is -3.62. The Morgan fingerprint density at radius 1 is 1.25 bits per heavy atom. The lowest BCUT2D eigenvalue weighted by Crippen LogP contribution is -2.12. The first-order valence-electron chi connectivity index (χ1n) is 10.6. The Morgan fingerprint density at radius 2 is 2.12 bits per heavy atom. The Morgan fingerprint density at radius 3 is 2.94 bits per heavy atom. The van der Waals surface area contributed by atoms with Gasteiger partial charge >= 0.3 is 0 Å². The minimum absolute atomic E-state index is 0.273. The van der Waals surface area contributed by atoms with Gasteiger partial charge < -0.3 is 15.6 Å². The second-order valence-corrected chi connectivity index (χ2v) is 7.93. The SMILES string of the molecule is CNC1=CC(Nc2ncc3c(-c4ccc5c(n4)C(CC(F)F)C(C)=N5)c[nH]c3n2)=CCC1. The minimum atomic E-state index is -2.41. The molecule has 0 spiro atoms. The average Bonchev–Trinajstić information content (AvgIpc) is 3.34. The number of pyridine rings is 1. The molecule has 1 unspecified atom stereocenters. The molecule has 3 aromatic rings. The molecule has 164 valence electrons. The summed E-state index contributed by atoms with van der Waals surface area (Å²) in [7, 11) is 1.91. The van der Waals surface area contributed by atoms with E-state index in [1.54, 1.807) is 13.1 Å². The fourth-order valence-electron chi connectivity index (χ4n) is 4.19. The molecule has 7 nitrogen and oxygen atoms in total. The average molecular weight is 435 g/mol. The van der Waals surface area contributed by atoms with Crippen LogP contribution >= 0.6 is 0 Å². The minimum Gasteiger partial charge on any atom is -0.391 e. The first-order valence-corrected chi connectivity index (χ1v) is 10.6. The Balaban J connectivity index is 1.44. The van der Waals surface area contributed by atoms with Gasteiger partial charge in [0.2, 0.25) is 12.4 Å². The maximum atomic E-state index is 13.1. The van der Waals surface area contributed by atoms with E-state index < -0.39 is 12.3 Å². The van der Waals surface area contributed by atoms with E-state index in [1.165, 1.54) is 0 Å². The van der Waals surface area contributed by atoms with Gasteiger partial charge in [-0.25, -0.2) is 18.7 Å². The maximum Gasteiger partial charge on any atom is 0.239 e. The highest BCUT2D eigenvalue weighted by Gasteiger charge is 2.29. The number of halogens is 2. The van der Waals surface area contributed by atoms with Gasteiger partial charge in [-0.2, -0.15) is 4.98 Å². The molecule has 4 heterocycles. The van der Waals surface area contributed by atoms with Crippen LogP contribution in [0.25, 0.3) is 22.3 Å². The number of hydrogen-bond donors (Lipinski definition) is 3. The van der Waals surface area contributed by atoms with E-state index in [-0.39, 0.29) is 6.42 Å². The summed E-state index contributed by atoms with van der Waals surface area (Å²) in [5, 5.41) is 7.24. The number of rotatable bonds is 6. The molecule has 0 amide bonds. The molecule has 9 heteroatoms. The monoisotopic (exact) mass is 435 g/mol. The van der Waals surface area contributed by atoms with E-state index in [0.717, 1.165) is 35.2 Å². The third-order valence-corrected chi connectivity index (χ3v) is 5.84. The third-order valence-electron chi connectivity index (χ3n) is 5.84. The zero-order valence-electron chi connectivity index (χ0n) is 17.8. The van der Waals surface area contributed by atoms with Gasteiger partial charge in [-0.3, -0.25) is 4.99 Å². The van der Waals surface area contributed by atoms with Crippen LogP contribution in [0.1, 0.15) is 37.8 Å². The molecule has 0 bridgehead atoms. The van der Waals surface area contributed by atoms with Gasteiger partial charge in [-0.15, -0.1) is 0 Å². The van der Waals surface area contributed by atoms with Crippen LogP contribution in [0.2, 0.25) is 0 Å². The summed E-state index contributed by atoms with van der Waals surface area (Å²) in [6.45, 7) is 1.78. The van der Waals surface area contributed by atoms with Gasteiger partial charge in [0.1, 0.15) is 5.65 Å². The molecule has 1 aliphatic heterocycles. The first kappa shape index (κ1) is 20.3. The number of nitrogens with zero attached hydrogens (tertiary/aromatic N) is 4. The van der Waals surface area contributed by atoms with Crippen LogP contribution < -0.4 is 10.6 Å². The van der Waals surface area contributed by atoms with Crippen LogP contribution in [-0.2, 0) is 0 Å². The van der Waals surface area contributed by atoms with Crippen LogP contribution in [0.15, 0.2) is 53.1 Å². The molecular weight excluding hydrogens is 412 g/mol. The molecule has 0 aromatic carbocycles. The van der Waals surface area contributed by atoms with Gasteiger partial charge in [0, 0.05) is 59.8 Å².